The van der Waals surface area contributed by atoms with Gasteiger partial charge in [0.2, 0.25) is 5.91 Å². The van der Waals surface area contributed by atoms with Gasteiger partial charge in [-0.05, 0) is 48.2 Å². The minimum absolute atomic E-state index is 0.000852. The van der Waals surface area contributed by atoms with Crippen molar-refractivity contribution in [3.05, 3.63) is 83.4 Å². The summed E-state index contributed by atoms with van der Waals surface area (Å²) < 4.78 is 25.0. The van der Waals surface area contributed by atoms with E-state index in [1.807, 2.05) is 12.1 Å². The standard InChI is InChI=1S/C24H21NO6S/c26-18-12-9-16(21(27)13-18)8-5-15-6-10-17(11-7-15)25-24(29)20-14-32(30,31)22-4-2-1-3-19(22)23(20)28/h1-4,6-7,9-13,20,26-27H,5,8,14H2,(H,25,29). The van der Waals surface area contributed by atoms with Gasteiger partial charge >= 0.3 is 0 Å². The molecule has 32 heavy (non-hydrogen) atoms. The van der Waals surface area contributed by atoms with Gasteiger partial charge in [0.05, 0.1) is 10.6 Å². The fourth-order valence-corrected chi connectivity index (χ4v) is 5.45. The summed E-state index contributed by atoms with van der Waals surface area (Å²) >= 11 is 0. The first kappa shape index (κ1) is 21.6. The predicted octanol–water partition coefficient (Wildman–Crippen LogP) is 3.11. The van der Waals surface area contributed by atoms with Gasteiger partial charge in [0.1, 0.15) is 17.4 Å². The molecule has 0 fully saturated rings. The zero-order valence-corrected chi connectivity index (χ0v) is 17.8. The lowest BCUT2D eigenvalue weighted by Crippen LogP contribution is -2.39. The van der Waals surface area contributed by atoms with Crippen molar-refractivity contribution in [3.8, 4) is 11.5 Å². The van der Waals surface area contributed by atoms with Crippen LogP contribution in [0.3, 0.4) is 0 Å². The van der Waals surface area contributed by atoms with Crippen molar-refractivity contribution in [3.63, 3.8) is 0 Å². The average molecular weight is 452 g/mol. The molecule has 0 saturated heterocycles. The van der Waals surface area contributed by atoms with E-state index in [1.165, 1.54) is 24.3 Å². The largest absolute Gasteiger partial charge is 0.508 e. The van der Waals surface area contributed by atoms with Crippen LogP contribution in [0.4, 0.5) is 5.69 Å². The Hall–Kier alpha value is -3.65. The molecule has 1 amide bonds. The SMILES string of the molecule is O=C(Nc1ccc(CCc2ccc(O)cc2O)cc1)C1CS(=O)(=O)c2ccccc2C1=O. The van der Waals surface area contributed by atoms with E-state index in [2.05, 4.69) is 5.32 Å². The van der Waals surface area contributed by atoms with E-state index in [4.69, 9.17) is 0 Å². The minimum Gasteiger partial charge on any atom is -0.508 e. The van der Waals surface area contributed by atoms with Crippen LogP contribution in [0.1, 0.15) is 21.5 Å². The number of carbonyl (C=O) groups excluding carboxylic acids is 2. The Bertz CT molecular complexity index is 1300. The zero-order chi connectivity index (χ0) is 22.9. The number of ketones is 1. The molecule has 1 atom stereocenters. The maximum Gasteiger partial charge on any atom is 0.236 e. The molecule has 0 aliphatic carbocycles. The number of amides is 1. The Kier molecular flexibility index (Phi) is 5.71. The lowest BCUT2D eigenvalue weighted by Gasteiger charge is -2.22. The molecule has 1 heterocycles. The molecule has 1 aliphatic rings. The van der Waals surface area contributed by atoms with E-state index in [-0.39, 0.29) is 22.0 Å². The number of anilines is 1. The van der Waals surface area contributed by atoms with E-state index >= 15 is 0 Å². The topological polar surface area (TPSA) is 121 Å². The second kappa shape index (κ2) is 8.47. The third-order valence-electron chi connectivity index (χ3n) is 5.48. The molecule has 3 aromatic rings. The molecule has 0 spiro atoms. The molecule has 164 valence electrons. The molecule has 1 unspecified atom stereocenters. The van der Waals surface area contributed by atoms with Crippen LogP contribution in [0.5, 0.6) is 11.5 Å². The smallest absolute Gasteiger partial charge is 0.236 e. The fraction of sp³-hybridized carbons (Fsp3) is 0.167. The molecule has 3 N–H and O–H groups in total. The minimum atomic E-state index is -3.73. The van der Waals surface area contributed by atoms with E-state index in [1.54, 1.807) is 30.3 Å². The van der Waals surface area contributed by atoms with Crippen LogP contribution in [0.2, 0.25) is 0 Å². The first-order chi connectivity index (χ1) is 15.2. The molecule has 8 heteroatoms. The number of aromatic hydroxyl groups is 2. The van der Waals surface area contributed by atoms with Crippen molar-refractivity contribution in [2.24, 2.45) is 5.92 Å². The summed E-state index contributed by atoms with van der Waals surface area (Å²) in [6.07, 6.45) is 1.19. The maximum atomic E-state index is 12.7. The number of sulfone groups is 1. The Morgan fingerprint density at radius 2 is 1.69 bits per heavy atom. The molecular formula is C24H21NO6S. The molecule has 7 nitrogen and oxygen atoms in total. The summed E-state index contributed by atoms with van der Waals surface area (Å²) in [6.45, 7) is 0. The number of Topliss-reactive ketones (excluding diaryl/α,β-unsaturated/α-hetero) is 1. The molecule has 1 aliphatic heterocycles. The van der Waals surface area contributed by atoms with Crippen molar-refractivity contribution in [2.45, 2.75) is 17.7 Å². The van der Waals surface area contributed by atoms with E-state index in [9.17, 15) is 28.2 Å². The quantitative estimate of drug-likeness (QED) is 0.513. The highest BCUT2D eigenvalue weighted by Crippen LogP contribution is 2.29. The second-order valence-corrected chi connectivity index (χ2v) is 9.70. The summed E-state index contributed by atoms with van der Waals surface area (Å²) in [5.74, 6) is -2.98. The number of phenolic OH excluding ortho intramolecular Hbond substituents is 2. The third-order valence-corrected chi connectivity index (χ3v) is 7.28. The van der Waals surface area contributed by atoms with Gasteiger partial charge in [-0.25, -0.2) is 8.42 Å². The maximum absolute atomic E-state index is 12.7. The van der Waals surface area contributed by atoms with Crippen molar-refractivity contribution in [1.82, 2.24) is 0 Å². The van der Waals surface area contributed by atoms with Gasteiger partial charge < -0.3 is 15.5 Å². The van der Waals surface area contributed by atoms with Crippen LogP contribution < -0.4 is 5.32 Å². The van der Waals surface area contributed by atoms with Crippen LogP contribution in [-0.2, 0) is 27.5 Å². The van der Waals surface area contributed by atoms with E-state index < -0.39 is 33.2 Å². The molecule has 0 bridgehead atoms. The van der Waals surface area contributed by atoms with Crippen molar-refractivity contribution >= 4 is 27.2 Å². The number of fused-ring (bicyclic) bond motifs is 1. The van der Waals surface area contributed by atoms with Gasteiger partial charge in [-0.2, -0.15) is 0 Å². The van der Waals surface area contributed by atoms with Gasteiger partial charge in [0, 0.05) is 17.3 Å². The number of benzene rings is 3. The molecule has 4 rings (SSSR count). The molecule has 3 aromatic carbocycles. The average Bonchev–Trinajstić information content (AvgIpc) is 2.77. The number of aryl methyl sites for hydroxylation is 2. The van der Waals surface area contributed by atoms with Crippen LogP contribution in [-0.4, -0.2) is 36.1 Å². The van der Waals surface area contributed by atoms with Crippen molar-refractivity contribution < 1.29 is 28.2 Å². The van der Waals surface area contributed by atoms with E-state index in [0.717, 1.165) is 5.56 Å². The highest BCUT2D eigenvalue weighted by molar-refractivity contribution is 7.91. The monoisotopic (exact) mass is 451 g/mol. The summed E-state index contributed by atoms with van der Waals surface area (Å²) in [7, 11) is -3.73. The Morgan fingerprint density at radius 3 is 2.41 bits per heavy atom. The van der Waals surface area contributed by atoms with Crippen LogP contribution in [0.15, 0.2) is 71.6 Å². The Morgan fingerprint density at radius 1 is 0.969 bits per heavy atom. The summed E-state index contributed by atoms with van der Waals surface area (Å²) in [5, 5.41) is 21.9. The zero-order valence-electron chi connectivity index (χ0n) is 17.0. The van der Waals surface area contributed by atoms with Gasteiger partial charge in [0.25, 0.3) is 0 Å². The van der Waals surface area contributed by atoms with Crippen LogP contribution >= 0.6 is 0 Å². The number of carbonyl (C=O) groups is 2. The third kappa shape index (κ3) is 4.36. The van der Waals surface area contributed by atoms with E-state index in [0.29, 0.717) is 24.1 Å². The van der Waals surface area contributed by atoms with Gasteiger partial charge in [-0.1, -0.05) is 36.4 Å². The number of hydrogen-bond acceptors (Lipinski definition) is 6. The highest BCUT2D eigenvalue weighted by Gasteiger charge is 2.40. The lowest BCUT2D eigenvalue weighted by atomic mass is 9.97. The summed E-state index contributed by atoms with van der Waals surface area (Å²) in [5.41, 5.74) is 2.17. The molecular weight excluding hydrogens is 430 g/mol. The molecule has 0 saturated carbocycles. The van der Waals surface area contributed by atoms with Crippen LogP contribution in [0, 0.1) is 5.92 Å². The number of rotatable bonds is 5. The summed E-state index contributed by atoms with van der Waals surface area (Å²) in [6, 6.07) is 17.4. The summed E-state index contributed by atoms with van der Waals surface area (Å²) in [4.78, 5) is 25.4. The van der Waals surface area contributed by atoms with Crippen molar-refractivity contribution in [2.75, 3.05) is 11.1 Å². The first-order valence-corrected chi connectivity index (χ1v) is 11.7. The first-order valence-electron chi connectivity index (χ1n) is 10.0. The molecule has 0 aromatic heterocycles. The second-order valence-electron chi connectivity index (χ2n) is 7.69. The number of hydrogen-bond donors (Lipinski definition) is 3. The normalized spacial score (nSPS) is 16.9. The number of nitrogens with one attached hydrogen (secondary N) is 1. The van der Waals surface area contributed by atoms with Gasteiger partial charge in [0.15, 0.2) is 15.6 Å². The predicted molar refractivity (Wildman–Crippen MR) is 119 cm³/mol. The molecule has 0 radical (unpaired) electrons. The van der Waals surface area contributed by atoms with Crippen molar-refractivity contribution in [1.29, 1.82) is 0 Å². The Labute approximate surface area is 185 Å². The highest BCUT2D eigenvalue weighted by atomic mass is 32.2. The van der Waals surface area contributed by atoms with Gasteiger partial charge in [-0.3, -0.25) is 9.59 Å². The lowest BCUT2D eigenvalue weighted by molar-refractivity contribution is -0.118. The number of phenols is 2. The van der Waals surface area contributed by atoms with Gasteiger partial charge in [-0.15, -0.1) is 0 Å². The Balaban J connectivity index is 1.42. The fourth-order valence-electron chi connectivity index (χ4n) is 3.74. The van der Waals surface area contributed by atoms with Crippen LogP contribution in [0.25, 0.3) is 0 Å².